The molecule has 24 heavy (non-hydrogen) atoms. The van der Waals surface area contributed by atoms with Gasteiger partial charge in [0.25, 0.3) is 0 Å². The number of unbranched alkanes of at least 4 members (excludes halogenated alkanes) is 2. The van der Waals surface area contributed by atoms with Crippen LogP contribution < -0.4 is 10.6 Å². The van der Waals surface area contributed by atoms with Crippen LogP contribution in [0, 0.1) is 0 Å². The highest BCUT2D eigenvalue weighted by Gasteiger charge is 2.20. The first-order valence-electron chi connectivity index (χ1n) is 8.28. The highest BCUT2D eigenvalue weighted by Crippen LogP contribution is 2.12. The molecule has 0 saturated heterocycles. The number of rotatable bonds is 9. The van der Waals surface area contributed by atoms with Crippen LogP contribution in [0.2, 0.25) is 0 Å². The fraction of sp³-hybridized carbons (Fsp3) is 0.588. The second-order valence-corrected chi connectivity index (χ2v) is 7.58. The Kier molecular flexibility index (Phi) is 12.1. The van der Waals surface area contributed by atoms with Crippen molar-refractivity contribution in [3.05, 3.63) is 30.3 Å². The maximum atomic E-state index is 12.5. The molecule has 138 valence electrons. The molecule has 0 aromatic heterocycles. The predicted octanol–water partition coefficient (Wildman–Crippen LogP) is 3.21. The highest BCUT2D eigenvalue weighted by molar-refractivity contribution is 14.0. The maximum Gasteiger partial charge on any atom is 0.191 e. The minimum atomic E-state index is -3.30. The van der Waals surface area contributed by atoms with E-state index in [-0.39, 0.29) is 35.8 Å². The zero-order chi connectivity index (χ0) is 17.1. The lowest BCUT2D eigenvalue weighted by Gasteiger charge is -2.20. The van der Waals surface area contributed by atoms with E-state index in [1.807, 2.05) is 13.0 Å². The zero-order valence-corrected chi connectivity index (χ0v) is 17.9. The molecule has 0 aliphatic heterocycles. The number of guanidine groups is 1. The third-order valence-electron chi connectivity index (χ3n) is 3.65. The lowest BCUT2D eigenvalue weighted by Crippen LogP contribution is -2.46. The third kappa shape index (κ3) is 8.32. The highest BCUT2D eigenvalue weighted by atomic mass is 127. The first kappa shape index (κ1) is 23.2. The molecule has 0 radical (unpaired) electrons. The van der Waals surface area contributed by atoms with Gasteiger partial charge in [0, 0.05) is 19.6 Å². The van der Waals surface area contributed by atoms with Gasteiger partial charge in [-0.3, -0.25) is 4.99 Å². The van der Waals surface area contributed by atoms with Gasteiger partial charge in [-0.2, -0.15) is 0 Å². The van der Waals surface area contributed by atoms with Crippen LogP contribution in [0.3, 0.4) is 0 Å². The van der Waals surface area contributed by atoms with Gasteiger partial charge in [-0.1, -0.05) is 44.9 Å². The Morgan fingerprint density at radius 2 is 1.83 bits per heavy atom. The van der Waals surface area contributed by atoms with Crippen molar-refractivity contribution in [1.82, 2.24) is 10.6 Å². The van der Waals surface area contributed by atoms with Crippen molar-refractivity contribution in [1.29, 1.82) is 0 Å². The van der Waals surface area contributed by atoms with Crippen LogP contribution in [0.25, 0.3) is 0 Å². The predicted molar refractivity (Wildman–Crippen MR) is 112 cm³/mol. The number of aliphatic imine (C=N–C) groups is 1. The van der Waals surface area contributed by atoms with Crippen LogP contribution >= 0.6 is 24.0 Å². The van der Waals surface area contributed by atoms with Gasteiger partial charge in [0.15, 0.2) is 15.8 Å². The number of hydrogen-bond acceptors (Lipinski definition) is 3. The minimum Gasteiger partial charge on any atom is -0.356 e. The summed E-state index contributed by atoms with van der Waals surface area (Å²) in [6.45, 7) is 4.98. The fourth-order valence-electron chi connectivity index (χ4n) is 2.22. The van der Waals surface area contributed by atoms with Crippen molar-refractivity contribution in [3.63, 3.8) is 0 Å². The van der Waals surface area contributed by atoms with Gasteiger partial charge in [0.05, 0.1) is 10.6 Å². The van der Waals surface area contributed by atoms with E-state index in [0.717, 1.165) is 13.0 Å². The molecule has 1 atom stereocenters. The topological polar surface area (TPSA) is 70.6 Å². The molecule has 0 fully saturated rings. The summed E-state index contributed by atoms with van der Waals surface area (Å²) in [5.41, 5.74) is 0. The van der Waals surface area contributed by atoms with Crippen molar-refractivity contribution in [2.75, 3.05) is 19.3 Å². The molecule has 0 heterocycles. The number of nitrogens with zero attached hydrogens (tertiary/aromatic N) is 1. The van der Waals surface area contributed by atoms with Gasteiger partial charge in [-0.15, -0.1) is 24.0 Å². The molecule has 1 rings (SSSR count). The Hall–Kier alpha value is -0.830. The molecule has 0 saturated carbocycles. The Morgan fingerprint density at radius 3 is 2.38 bits per heavy atom. The van der Waals surface area contributed by atoms with Gasteiger partial charge in [-0.25, -0.2) is 8.42 Å². The number of halogens is 1. The molecule has 0 spiro atoms. The molecule has 0 aliphatic carbocycles. The Labute approximate surface area is 163 Å². The summed E-state index contributed by atoms with van der Waals surface area (Å²) in [5.74, 6) is 0.722. The SMILES string of the molecule is CCCCCNC(=NC)NC(CC)CS(=O)(=O)c1ccccc1.I. The zero-order valence-electron chi connectivity index (χ0n) is 14.8. The lowest BCUT2D eigenvalue weighted by atomic mass is 10.2. The van der Waals surface area contributed by atoms with Crippen molar-refractivity contribution >= 4 is 39.8 Å². The largest absolute Gasteiger partial charge is 0.356 e. The van der Waals surface area contributed by atoms with Crippen LogP contribution in [-0.4, -0.2) is 39.8 Å². The lowest BCUT2D eigenvalue weighted by molar-refractivity contribution is 0.567. The molecule has 1 unspecified atom stereocenters. The fourth-order valence-corrected chi connectivity index (χ4v) is 3.83. The van der Waals surface area contributed by atoms with Crippen LogP contribution in [0.15, 0.2) is 40.2 Å². The van der Waals surface area contributed by atoms with Crippen LogP contribution in [0.4, 0.5) is 0 Å². The Bertz CT molecular complexity index is 577. The molecular formula is C17H30IN3O2S. The van der Waals surface area contributed by atoms with Crippen LogP contribution in [-0.2, 0) is 9.84 Å². The number of nitrogens with one attached hydrogen (secondary N) is 2. The Balaban J connectivity index is 0.00000529. The number of hydrogen-bond donors (Lipinski definition) is 2. The number of sulfone groups is 1. The van der Waals surface area contributed by atoms with Crippen molar-refractivity contribution in [2.45, 2.75) is 50.5 Å². The summed E-state index contributed by atoms with van der Waals surface area (Å²) in [4.78, 5) is 4.54. The van der Waals surface area contributed by atoms with Gasteiger partial charge in [0.2, 0.25) is 0 Å². The quantitative estimate of drug-likeness (QED) is 0.253. The maximum absolute atomic E-state index is 12.5. The Morgan fingerprint density at radius 1 is 1.17 bits per heavy atom. The summed E-state index contributed by atoms with van der Waals surface area (Å²) >= 11 is 0. The second kappa shape index (κ2) is 12.5. The monoisotopic (exact) mass is 467 g/mol. The van der Waals surface area contributed by atoms with Gasteiger partial charge in [0.1, 0.15) is 0 Å². The van der Waals surface area contributed by atoms with Crippen LogP contribution in [0.1, 0.15) is 39.5 Å². The van der Waals surface area contributed by atoms with Gasteiger partial charge in [-0.05, 0) is 25.0 Å². The average molecular weight is 467 g/mol. The van der Waals surface area contributed by atoms with E-state index in [4.69, 9.17) is 0 Å². The smallest absolute Gasteiger partial charge is 0.191 e. The van der Waals surface area contributed by atoms with E-state index < -0.39 is 9.84 Å². The average Bonchev–Trinajstić information content (AvgIpc) is 2.57. The summed E-state index contributed by atoms with van der Waals surface area (Å²) in [6, 6.07) is 8.42. The normalized spacial score (nSPS) is 13.0. The van der Waals surface area contributed by atoms with E-state index in [1.165, 1.54) is 12.8 Å². The standard InChI is InChI=1S/C17H29N3O2S.HI/c1-4-6-10-13-19-17(18-3)20-15(5-2)14-23(21,22)16-11-8-7-9-12-16;/h7-9,11-12,15H,4-6,10,13-14H2,1-3H3,(H2,18,19,20);1H. The molecular weight excluding hydrogens is 437 g/mol. The van der Waals surface area contributed by atoms with Crippen LogP contribution in [0.5, 0.6) is 0 Å². The van der Waals surface area contributed by atoms with E-state index in [2.05, 4.69) is 22.5 Å². The first-order valence-corrected chi connectivity index (χ1v) is 9.93. The molecule has 7 heteroatoms. The van der Waals surface area contributed by atoms with E-state index in [1.54, 1.807) is 31.3 Å². The molecule has 2 N–H and O–H groups in total. The van der Waals surface area contributed by atoms with Crippen molar-refractivity contribution in [2.24, 2.45) is 4.99 Å². The van der Waals surface area contributed by atoms with Crippen molar-refractivity contribution < 1.29 is 8.42 Å². The minimum absolute atomic E-state index is 0. The molecule has 1 aromatic carbocycles. The van der Waals surface area contributed by atoms with E-state index >= 15 is 0 Å². The second-order valence-electron chi connectivity index (χ2n) is 5.55. The molecule has 5 nitrogen and oxygen atoms in total. The summed E-state index contributed by atoms with van der Waals surface area (Å²) < 4.78 is 24.9. The van der Waals surface area contributed by atoms with E-state index in [9.17, 15) is 8.42 Å². The molecule has 1 aromatic rings. The third-order valence-corrected chi connectivity index (χ3v) is 5.48. The van der Waals surface area contributed by atoms with Gasteiger partial charge < -0.3 is 10.6 Å². The molecule has 0 bridgehead atoms. The summed E-state index contributed by atoms with van der Waals surface area (Å²) in [5, 5.41) is 6.45. The van der Waals surface area contributed by atoms with Crippen molar-refractivity contribution in [3.8, 4) is 0 Å². The molecule has 0 aliphatic rings. The molecule has 0 amide bonds. The summed E-state index contributed by atoms with van der Waals surface area (Å²) in [6.07, 6.45) is 4.13. The first-order chi connectivity index (χ1) is 11.0. The number of benzene rings is 1. The van der Waals surface area contributed by atoms with E-state index in [0.29, 0.717) is 17.3 Å². The summed E-state index contributed by atoms with van der Waals surface area (Å²) in [7, 11) is -1.60. The van der Waals surface area contributed by atoms with Gasteiger partial charge >= 0.3 is 0 Å².